The maximum atomic E-state index is 13.9. The van der Waals surface area contributed by atoms with E-state index in [1.54, 1.807) is 6.07 Å². The Balaban J connectivity index is 2.02. The van der Waals surface area contributed by atoms with Gasteiger partial charge in [-0.2, -0.15) is 23.7 Å². The Morgan fingerprint density at radius 2 is 1.74 bits per heavy atom. The van der Waals surface area contributed by atoms with Crippen LogP contribution in [0.1, 0.15) is 49.8 Å². The molecule has 1 aliphatic heterocycles. The van der Waals surface area contributed by atoms with Crippen LogP contribution >= 0.6 is 0 Å². The lowest BCUT2D eigenvalue weighted by atomic mass is 9.94. The molecular weight excluding hydrogens is 545 g/mol. The van der Waals surface area contributed by atoms with Crippen molar-refractivity contribution in [1.29, 1.82) is 10.5 Å². The van der Waals surface area contributed by atoms with E-state index in [1.807, 2.05) is 6.07 Å². The highest BCUT2D eigenvalue weighted by atomic mass is 32.2. The van der Waals surface area contributed by atoms with Crippen LogP contribution in [0.5, 0.6) is 0 Å². The lowest BCUT2D eigenvalue weighted by Gasteiger charge is -2.42. The fourth-order valence-corrected chi connectivity index (χ4v) is 7.33. The van der Waals surface area contributed by atoms with Gasteiger partial charge in [0.1, 0.15) is 6.04 Å². The predicted octanol–water partition coefficient (Wildman–Crippen LogP) is 4.20. The van der Waals surface area contributed by atoms with Crippen molar-refractivity contribution in [3.05, 3.63) is 64.0 Å². The average Bonchev–Trinajstić information content (AvgIpc) is 3.69. The minimum atomic E-state index is -4.68. The molecule has 1 aromatic carbocycles. The zero-order chi connectivity index (χ0) is 28.2. The van der Waals surface area contributed by atoms with E-state index in [1.165, 1.54) is 25.1 Å². The van der Waals surface area contributed by atoms with Crippen molar-refractivity contribution >= 4 is 25.9 Å². The van der Waals surface area contributed by atoms with Gasteiger partial charge in [0.2, 0.25) is 10.0 Å². The fraction of sp³-hybridized carbons (Fsp3) is 0.375. The number of nitriles is 2. The van der Waals surface area contributed by atoms with Crippen molar-refractivity contribution in [2.75, 3.05) is 6.26 Å². The number of carbonyl (C=O) groups excluding carboxylic acids is 1. The molecule has 1 aromatic rings. The Bertz CT molecular complexity index is 1620. The highest BCUT2D eigenvalue weighted by Gasteiger charge is 2.52. The van der Waals surface area contributed by atoms with E-state index in [0.29, 0.717) is 4.31 Å². The van der Waals surface area contributed by atoms with Gasteiger partial charge in [-0.3, -0.25) is 4.90 Å². The van der Waals surface area contributed by atoms with E-state index in [4.69, 9.17) is 0 Å². The highest BCUT2D eigenvalue weighted by Crippen LogP contribution is 2.46. The Morgan fingerprint density at radius 3 is 2.26 bits per heavy atom. The van der Waals surface area contributed by atoms with Crippen LogP contribution in [0.4, 0.5) is 18.0 Å². The second-order valence-corrected chi connectivity index (χ2v) is 13.2. The topological polar surface area (TPSA) is 139 Å². The summed E-state index contributed by atoms with van der Waals surface area (Å²) >= 11 is 0. The standard InChI is InChI=1S/C24H21F3N4O5S2/c1-14-20(13-29)22(19-9-6-15(12-28)10-21(19)37(2,33)34)31(38(35,36)18-7-8-18)23(32)30(14)17-5-3-4-16(11-17)24(25,26)27/h5-6,9-11,18,22H,3-4,7-8H2,1-2H3/t22-/m1/s1. The number of urea groups is 1. The molecule has 0 N–H and O–H groups in total. The number of allylic oxidation sites excluding steroid dienone is 4. The van der Waals surface area contributed by atoms with Crippen LogP contribution in [-0.4, -0.2) is 49.8 Å². The van der Waals surface area contributed by atoms with Gasteiger partial charge in [0, 0.05) is 23.2 Å². The first kappa shape index (κ1) is 27.4. The lowest BCUT2D eigenvalue weighted by Crippen LogP contribution is -2.52. The summed E-state index contributed by atoms with van der Waals surface area (Å²) in [5, 5.41) is 18.4. The third-order valence-corrected chi connectivity index (χ3v) is 9.88. The van der Waals surface area contributed by atoms with Gasteiger partial charge in [0.25, 0.3) is 0 Å². The highest BCUT2D eigenvalue weighted by molar-refractivity contribution is 7.91. The molecule has 0 unspecified atom stereocenters. The smallest absolute Gasteiger partial charge is 0.265 e. The summed E-state index contributed by atoms with van der Waals surface area (Å²) in [4.78, 5) is 14.2. The lowest BCUT2D eigenvalue weighted by molar-refractivity contribution is -0.0942. The van der Waals surface area contributed by atoms with Crippen LogP contribution in [-0.2, 0) is 19.9 Å². The normalized spacial score (nSPS) is 21.0. The zero-order valence-electron chi connectivity index (χ0n) is 20.2. The summed E-state index contributed by atoms with van der Waals surface area (Å²) in [6.07, 6.45) is -1.73. The Kier molecular flexibility index (Phi) is 6.70. The zero-order valence-corrected chi connectivity index (χ0v) is 21.8. The van der Waals surface area contributed by atoms with E-state index >= 15 is 0 Å². The summed E-state index contributed by atoms with van der Waals surface area (Å²) < 4.78 is 93.3. The molecule has 0 radical (unpaired) electrons. The number of benzene rings is 1. The second-order valence-electron chi connectivity index (χ2n) is 9.14. The molecule has 1 saturated carbocycles. The first-order valence-corrected chi connectivity index (χ1v) is 14.7. The van der Waals surface area contributed by atoms with Crippen molar-refractivity contribution in [1.82, 2.24) is 9.21 Å². The van der Waals surface area contributed by atoms with E-state index in [-0.39, 0.29) is 53.8 Å². The average molecular weight is 567 g/mol. The molecular formula is C24H21F3N4O5S2. The number of sulfonamides is 1. The third kappa shape index (κ3) is 4.70. The van der Waals surface area contributed by atoms with Crippen LogP contribution in [0.15, 0.2) is 57.8 Å². The molecule has 0 aromatic heterocycles. The SMILES string of the molecule is CC1=C(C#N)[C@@H](c2ccc(C#N)cc2S(C)(=O)=O)N(S(=O)(=O)C2CC2)C(=O)N1C1=CCCC(C(F)(F)F)=C1. The Hall–Kier alpha value is -3.62. The van der Waals surface area contributed by atoms with Crippen molar-refractivity contribution in [2.24, 2.45) is 0 Å². The molecule has 2 amide bonds. The van der Waals surface area contributed by atoms with Crippen LogP contribution < -0.4 is 0 Å². The largest absolute Gasteiger partial charge is 0.412 e. The number of halogens is 3. The van der Waals surface area contributed by atoms with E-state index < -0.39 is 53.8 Å². The van der Waals surface area contributed by atoms with Crippen molar-refractivity contribution < 1.29 is 34.8 Å². The number of alkyl halides is 3. The maximum absolute atomic E-state index is 13.9. The first-order valence-electron chi connectivity index (χ1n) is 11.3. The second kappa shape index (κ2) is 9.29. The minimum Gasteiger partial charge on any atom is -0.265 e. The summed E-state index contributed by atoms with van der Waals surface area (Å²) in [6.45, 7) is 1.28. The van der Waals surface area contributed by atoms with Crippen LogP contribution in [0.3, 0.4) is 0 Å². The maximum Gasteiger partial charge on any atom is 0.412 e. The number of hydrogen-bond acceptors (Lipinski definition) is 7. The number of nitrogens with zero attached hydrogens (tertiary/aromatic N) is 4. The van der Waals surface area contributed by atoms with Gasteiger partial charge in [0.15, 0.2) is 9.84 Å². The van der Waals surface area contributed by atoms with Crippen LogP contribution in [0, 0.1) is 22.7 Å². The molecule has 4 rings (SSSR count). The van der Waals surface area contributed by atoms with Crippen molar-refractivity contribution in [3.8, 4) is 12.1 Å². The monoisotopic (exact) mass is 566 g/mol. The Morgan fingerprint density at radius 1 is 1.08 bits per heavy atom. The molecule has 0 spiro atoms. The molecule has 0 bridgehead atoms. The van der Waals surface area contributed by atoms with Gasteiger partial charge >= 0.3 is 12.2 Å². The number of hydrogen-bond donors (Lipinski definition) is 0. The third-order valence-electron chi connectivity index (χ3n) is 6.50. The summed E-state index contributed by atoms with van der Waals surface area (Å²) in [5.41, 5.74) is -1.90. The number of carbonyl (C=O) groups is 1. The molecule has 9 nitrogen and oxygen atoms in total. The Labute approximate surface area is 217 Å². The van der Waals surface area contributed by atoms with Gasteiger partial charge in [-0.05, 0) is 56.4 Å². The molecule has 0 saturated heterocycles. The summed E-state index contributed by atoms with van der Waals surface area (Å²) in [7, 11) is -8.55. The molecule has 1 heterocycles. The fourth-order valence-electron chi connectivity index (χ4n) is 4.51. The molecule has 1 fully saturated rings. The van der Waals surface area contributed by atoms with Crippen molar-refractivity contribution in [2.45, 2.75) is 55.0 Å². The van der Waals surface area contributed by atoms with E-state index in [2.05, 4.69) is 0 Å². The van der Waals surface area contributed by atoms with E-state index in [9.17, 15) is 45.3 Å². The van der Waals surface area contributed by atoms with Gasteiger partial charge in [-0.25, -0.2) is 25.9 Å². The van der Waals surface area contributed by atoms with Crippen LogP contribution in [0.2, 0.25) is 0 Å². The predicted molar refractivity (Wildman–Crippen MR) is 128 cm³/mol. The molecule has 38 heavy (non-hydrogen) atoms. The quantitative estimate of drug-likeness (QED) is 0.520. The van der Waals surface area contributed by atoms with E-state index in [0.717, 1.165) is 23.3 Å². The molecule has 14 heteroatoms. The summed E-state index contributed by atoms with van der Waals surface area (Å²) in [5.74, 6) is 0. The van der Waals surface area contributed by atoms with Crippen LogP contribution in [0.25, 0.3) is 0 Å². The minimum absolute atomic E-state index is 0.0501. The number of rotatable bonds is 5. The number of amides is 2. The van der Waals surface area contributed by atoms with Gasteiger partial charge in [0.05, 0.1) is 33.4 Å². The molecule has 3 aliphatic rings. The van der Waals surface area contributed by atoms with Gasteiger partial charge < -0.3 is 0 Å². The molecule has 200 valence electrons. The first-order chi connectivity index (χ1) is 17.6. The summed E-state index contributed by atoms with van der Waals surface area (Å²) in [6, 6.07) is 4.14. The molecule has 1 atom stereocenters. The van der Waals surface area contributed by atoms with Gasteiger partial charge in [-0.1, -0.05) is 12.1 Å². The number of sulfone groups is 1. The van der Waals surface area contributed by atoms with Gasteiger partial charge in [-0.15, -0.1) is 0 Å². The molecule has 2 aliphatic carbocycles. The van der Waals surface area contributed by atoms with Crippen molar-refractivity contribution in [3.63, 3.8) is 0 Å².